The Kier molecular flexibility index (Phi) is 6.95. The molecule has 1 fully saturated rings. The Morgan fingerprint density at radius 1 is 1.30 bits per heavy atom. The molecule has 7 heteroatoms. The van der Waals surface area contributed by atoms with Crippen LogP contribution in [0.1, 0.15) is 29.3 Å². The third-order valence-corrected chi connectivity index (χ3v) is 5.85. The predicted molar refractivity (Wildman–Crippen MR) is 111 cm³/mol. The van der Waals surface area contributed by atoms with Crippen LogP contribution in [0.15, 0.2) is 40.7 Å². The van der Waals surface area contributed by atoms with Gasteiger partial charge < -0.3 is 20.5 Å². The van der Waals surface area contributed by atoms with Crippen molar-refractivity contribution in [3.63, 3.8) is 0 Å². The third-order valence-electron chi connectivity index (χ3n) is 4.87. The van der Waals surface area contributed by atoms with Gasteiger partial charge in [0.2, 0.25) is 0 Å². The first-order valence-corrected chi connectivity index (χ1v) is 10.2. The molecule has 2 aromatic rings. The van der Waals surface area contributed by atoms with Crippen LogP contribution in [0.4, 0.5) is 0 Å². The van der Waals surface area contributed by atoms with Crippen LogP contribution in [-0.4, -0.2) is 49.8 Å². The van der Waals surface area contributed by atoms with Crippen molar-refractivity contribution in [3.8, 4) is 11.5 Å². The molecule has 0 aliphatic carbocycles. The summed E-state index contributed by atoms with van der Waals surface area (Å²) in [4.78, 5) is 8.24. The Labute approximate surface area is 164 Å². The van der Waals surface area contributed by atoms with Crippen molar-refractivity contribution >= 4 is 17.3 Å². The van der Waals surface area contributed by atoms with E-state index in [0.717, 1.165) is 36.9 Å². The van der Waals surface area contributed by atoms with E-state index < -0.39 is 0 Å². The van der Waals surface area contributed by atoms with E-state index in [1.54, 1.807) is 37.6 Å². The standard InChI is InChI=1S/C20H28N4O2S/c1-21-20(22-13-15-12-16(26-2)7-8-18(15)25)23-14-17(19-6-5-11-27-19)24-9-3-4-10-24/h5-8,11-12,17,25H,3-4,9-10,13-14H2,1-2H3,(H2,21,22,23). The van der Waals surface area contributed by atoms with E-state index in [1.807, 2.05) is 6.07 Å². The molecule has 0 bridgehead atoms. The molecule has 0 spiro atoms. The van der Waals surface area contributed by atoms with Crippen LogP contribution < -0.4 is 15.4 Å². The van der Waals surface area contributed by atoms with E-state index in [0.29, 0.717) is 12.6 Å². The number of phenols is 1. The molecule has 146 valence electrons. The van der Waals surface area contributed by atoms with Crippen LogP contribution in [0.5, 0.6) is 11.5 Å². The number of nitrogens with zero attached hydrogens (tertiary/aromatic N) is 2. The van der Waals surface area contributed by atoms with Gasteiger partial charge in [-0.2, -0.15) is 0 Å². The zero-order valence-corrected chi connectivity index (χ0v) is 16.8. The molecule has 1 aliphatic heterocycles. The SMILES string of the molecule is CN=C(NCc1cc(OC)ccc1O)NCC(c1cccs1)N1CCCC1. The molecular weight excluding hydrogens is 360 g/mol. The summed E-state index contributed by atoms with van der Waals surface area (Å²) in [5.74, 6) is 1.68. The number of ether oxygens (including phenoxy) is 1. The number of likely N-dealkylation sites (tertiary alicyclic amines) is 1. The van der Waals surface area contributed by atoms with Crippen LogP contribution in [-0.2, 0) is 6.54 Å². The first-order valence-electron chi connectivity index (χ1n) is 9.29. The summed E-state index contributed by atoms with van der Waals surface area (Å²) < 4.78 is 5.23. The van der Waals surface area contributed by atoms with Crippen molar-refractivity contribution < 1.29 is 9.84 Å². The average Bonchev–Trinajstić information content (AvgIpc) is 3.40. The molecule has 1 atom stereocenters. The summed E-state index contributed by atoms with van der Waals surface area (Å²) >= 11 is 1.80. The van der Waals surface area contributed by atoms with Gasteiger partial charge in [0, 0.05) is 30.6 Å². The Bertz CT molecular complexity index is 742. The van der Waals surface area contributed by atoms with E-state index in [-0.39, 0.29) is 5.75 Å². The van der Waals surface area contributed by atoms with Crippen LogP contribution in [0.25, 0.3) is 0 Å². The first-order chi connectivity index (χ1) is 13.2. The Hall–Kier alpha value is -2.25. The van der Waals surface area contributed by atoms with Gasteiger partial charge in [0.1, 0.15) is 11.5 Å². The number of aliphatic imine (C=N–C) groups is 1. The summed E-state index contributed by atoms with van der Waals surface area (Å²) in [6, 6.07) is 9.89. The molecule has 6 nitrogen and oxygen atoms in total. The maximum Gasteiger partial charge on any atom is 0.191 e. The molecule has 27 heavy (non-hydrogen) atoms. The van der Waals surface area contributed by atoms with Gasteiger partial charge in [0.25, 0.3) is 0 Å². The summed E-state index contributed by atoms with van der Waals surface area (Å²) in [6.45, 7) is 3.56. The van der Waals surface area contributed by atoms with E-state index in [2.05, 4.69) is 38.0 Å². The summed E-state index contributed by atoms with van der Waals surface area (Å²) in [6.07, 6.45) is 2.54. The number of methoxy groups -OCH3 is 1. The highest BCUT2D eigenvalue weighted by molar-refractivity contribution is 7.10. The quantitative estimate of drug-likeness (QED) is 0.503. The molecule has 1 aliphatic rings. The monoisotopic (exact) mass is 388 g/mol. The van der Waals surface area contributed by atoms with Gasteiger partial charge in [0.15, 0.2) is 5.96 Å². The van der Waals surface area contributed by atoms with Crippen LogP contribution in [0.2, 0.25) is 0 Å². The molecule has 1 saturated heterocycles. The number of aromatic hydroxyl groups is 1. The molecule has 0 amide bonds. The topological polar surface area (TPSA) is 69.1 Å². The lowest BCUT2D eigenvalue weighted by Gasteiger charge is -2.27. The number of nitrogens with one attached hydrogen (secondary N) is 2. The van der Waals surface area contributed by atoms with Crippen LogP contribution in [0, 0.1) is 0 Å². The van der Waals surface area contributed by atoms with Gasteiger partial charge >= 0.3 is 0 Å². The fourth-order valence-electron chi connectivity index (χ4n) is 3.37. The predicted octanol–water partition coefficient (Wildman–Crippen LogP) is 2.96. The maximum atomic E-state index is 10.0. The molecule has 0 radical (unpaired) electrons. The minimum absolute atomic E-state index is 0.243. The first kappa shape index (κ1) is 19.5. The Balaban J connectivity index is 1.59. The number of thiophene rings is 1. The number of hydrogen-bond acceptors (Lipinski definition) is 5. The third kappa shape index (κ3) is 5.14. The van der Waals surface area contributed by atoms with Crippen LogP contribution in [0.3, 0.4) is 0 Å². The molecule has 1 aromatic carbocycles. The molecule has 3 N–H and O–H groups in total. The lowest BCUT2D eigenvalue weighted by molar-refractivity contribution is 0.249. The minimum Gasteiger partial charge on any atom is -0.508 e. The molecule has 1 unspecified atom stereocenters. The second-order valence-electron chi connectivity index (χ2n) is 6.58. The van der Waals surface area contributed by atoms with Gasteiger partial charge in [-0.1, -0.05) is 6.07 Å². The van der Waals surface area contributed by atoms with E-state index in [4.69, 9.17) is 4.74 Å². The van der Waals surface area contributed by atoms with Crippen molar-refractivity contribution in [1.29, 1.82) is 0 Å². The number of rotatable bonds is 7. The van der Waals surface area contributed by atoms with E-state index >= 15 is 0 Å². The van der Waals surface area contributed by atoms with Gasteiger partial charge in [0.05, 0.1) is 13.2 Å². The highest BCUT2D eigenvalue weighted by atomic mass is 32.1. The zero-order valence-electron chi connectivity index (χ0n) is 15.9. The number of guanidine groups is 1. The Morgan fingerprint density at radius 3 is 2.78 bits per heavy atom. The molecule has 2 heterocycles. The van der Waals surface area contributed by atoms with Gasteiger partial charge in [-0.05, 0) is 55.6 Å². The van der Waals surface area contributed by atoms with Crippen molar-refractivity contribution in [1.82, 2.24) is 15.5 Å². The van der Waals surface area contributed by atoms with Crippen molar-refractivity contribution in [2.75, 3.05) is 33.8 Å². The van der Waals surface area contributed by atoms with E-state index in [1.165, 1.54) is 17.7 Å². The second-order valence-corrected chi connectivity index (χ2v) is 7.55. The van der Waals surface area contributed by atoms with Crippen molar-refractivity contribution in [2.45, 2.75) is 25.4 Å². The fourth-order valence-corrected chi connectivity index (χ4v) is 4.23. The van der Waals surface area contributed by atoms with Gasteiger partial charge in [-0.25, -0.2) is 0 Å². The normalized spacial score (nSPS) is 16.3. The van der Waals surface area contributed by atoms with Crippen LogP contribution >= 0.6 is 11.3 Å². The molecule has 1 aromatic heterocycles. The maximum absolute atomic E-state index is 10.0. The van der Waals surface area contributed by atoms with Gasteiger partial charge in [-0.15, -0.1) is 11.3 Å². The average molecular weight is 389 g/mol. The lowest BCUT2D eigenvalue weighted by atomic mass is 10.2. The summed E-state index contributed by atoms with van der Waals surface area (Å²) in [7, 11) is 3.38. The summed E-state index contributed by atoms with van der Waals surface area (Å²) in [5.41, 5.74) is 0.770. The fraction of sp³-hybridized carbons (Fsp3) is 0.450. The highest BCUT2D eigenvalue weighted by Crippen LogP contribution is 2.28. The van der Waals surface area contributed by atoms with E-state index in [9.17, 15) is 5.11 Å². The second kappa shape index (κ2) is 9.62. The molecular formula is C20H28N4O2S. The zero-order chi connectivity index (χ0) is 19.1. The highest BCUT2D eigenvalue weighted by Gasteiger charge is 2.24. The minimum atomic E-state index is 0.243. The largest absolute Gasteiger partial charge is 0.508 e. The molecule has 3 rings (SSSR count). The number of benzene rings is 1. The van der Waals surface area contributed by atoms with Crippen molar-refractivity contribution in [2.24, 2.45) is 4.99 Å². The lowest BCUT2D eigenvalue weighted by Crippen LogP contribution is -2.42. The summed E-state index contributed by atoms with van der Waals surface area (Å²) in [5, 5.41) is 18.9. The van der Waals surface area contributed by atoms with Crippen molar-refractivity contribution in [3.05, 3.63) is 46.2 Å². The number of phenolic OH excluding ortho intramolecular Hbond substituents is 1. The Morgan fingerprint density at radius 2 is 2.11 bits per heavy atom. The molecule has 0 saturated carbocycles. The van der Waals surface area contributed by atoms with Gasteiger partial charge in [-0.3, -0.25) is 9.89 Å². The number of hydrogen-bond donors (Lipinski definition) is 3. The smallest absolute Gasteiger partial charge is 0.191 e.